The second-order valence-electron chi connectivity index (χ2n) is 5.45. The van der Waals surface area contributed by atoms with E-state index in [1.54, 1.807) is 14.2 Å². The van der Waals surface area contributed by atoms with Crippen LogP contribution in [0.3, 0.4) is 0 Å². The standard InChI is InChI=1S/C19H23NO3/c1-13-7-5-9-16(14(13)2)20-18(21)12-11-15-8-6-10-17(22-3)19(15)23-4/h5-10H,11-12H2,1-4H3,(H,20,21). The van der Waals surface area contributed by atoms with Gasteiger partial charge < -0.3 is 14.8 Å². The van der Waals surface area contributed by atoms with E-state index in [0.717, 1.165) is 22.4 Å². The van der Waals surface area contributed by atoms with Gasteiger partial charge >= 0.3 is 0 Å². The van der Waals surface area contributed by atoms with Crippen molar-refractivity contribution in [3.63, 3.8) is 0 Å². The zero-order chi connectivity index (χ0) is 16.8. The molecule has 1 N–H and O–H groups in total. The number of carbonyl (C=O) groups is 1. The Labute approximate surface area is 137 Å². The fourth-order valence-electron chi connectivity index (χ4n) is 2.50. The molecule has 122 valence electrons. The molecule has 1 amide bonds. The molecule has 0 saturated carbocycles. The SMILES string of the molecule is COc1cccc(CCC(=O)Nc2cccc(C)c2C)c1OC. The average Bonchev–Trinajstić information content (AvgIpc) is 2.56. The van der Waals surface area contributed by atoms with Crippen molar-refractivity contribution >= 4 is 11.6 Å². The second-order valence-corrected chi connectivity index (χ2v) is 5.45. The van der Waals surface area contributed by atoms with E-state index < -0.39 is 0 Å². The highest BCUT2D eigenvalue weighted by Gasteiger charge is 2.12. The van der Waals surface area contributed by atoms with Crippen LogP contribution in [0, 0.1) is 13.8 Å². The molecule has 0 spiro atoms. The van der Waals surface area contributed by atoms with Crippen molar-refractivity contribution in [3.8, 4) is 11.5 Å². The van der Waals surface area contributed by atoms with Gasteiger partial charge in [-0.3, -0.25) is 4.79 Å². The van der Waals surface area contributed by atoms with E-state index >= 15 is 0 Å². The van der Waals surface area contributed by atoms with Gasteiger partial charge in [0.25, 0.3) is 0 Å². The summed E-state index contributed by atoms with van der Waals surface area (Å²) in [5.74, 6) is 1.36. The maximum Gasteiger partial charge on any atom is 0.224 e. The van der Waals surface area contributed by atoms with Gasteiger partial charge in [0.2, 0.25) is 5.91 Å². The number of aryl methyl sites for hydroxylation is 2. The maximum absolute atomic E-state index is 12.2. The Kier molecular flexibility index (Phi) is 5.63. The van der Waals surface area contributed by atoms with Crippen LogP contribution in [0.2, 0.25) is 0 Å². The number of rotatable bonds is 6. The van der Waals surface area contributed by atoms with Gasteiger partial charge in [-0.2, -0.15) is 0 Å². The number of para-hydroxylation sites is 1. The molecule has 4 nitrogen and oxygen atoms in total. The number of hydrogen-bond donors (Lipinski definition) is 1. The van der Waals surface area contributed by atoms with E-state index in [-0.39, 0.29) is 5.91 Å². The Hall–Kier alpha value is -2.49. The fourth-order valence-corrected chi connectivity index (χ4v) is 2.50. The van der Waals surface area contributed by atoms with E-state index in [9.17, 15) is 4.79 Å². The first-order valence-corrected chi connectivity index (χ1v) is 7.62. The van der Waals surface area contributed by atoms with Crippen LogP contribution in [-0.2, 0) is 11.2 Å². The lowest BCUT2D eigenvalue weighted by atomic mass is 10.1. The van der Waals surface area contributed by atoms with Crippen LogP contribution < -0.4 is 14.8 Å². The zero-order valence-electron chi connectivity index (χ0n) is 14.1. The number of benzene rings is 2. The molecular weight excluding hydrogens is 290 g/mol. The van der Waals surface area contributed by atoms with Gasteiger partial charge in [0.15, 0.2) is 11.5 Å². The monoisotopic (exact) mass is 313 g/mol. The summed E-state index contributed by atoms with van der Waals surface area (Å²) >= 11 is 0. The van der Waals surface area contributed by atoms with Crippen molar-refractivity contribution in [2.45, 2.75) is 26.7 Å². The number of anilines is 1. The minimum atomic E-state index is -0.0106. The lowest BCUT2D eigenvalue weighted by Gasteiger charge is -2.13. The summed E-state index contributed by atoms with van der Waals surface area (Å²) in [7, 11) is 3.21. The summed E-state index contributed by atoms with van der Waals surface area (Å²) < 4.78 is 10.7. The van der Waals surface area contributed by atoms with E-state index in [1.165, 1.54) is 0 Å². The Morgan fingerprint density at radius 1 is 1.04 bits per heavy atom. The van der Waals surface area contributed by atoms with Gasteiger partial charge in [-0.25, -0.2) is 0 Å². The number of methoxy groups -OCH3 is 2. The third-order valence-electron chi connectivity index (χ3n) is 3.98. The second kappa shape index (κ2) is 7.68. The molecule has 0 aliphatic heterocycles. The molecule has 0 aliphatic carbocycles. The smallest absolute Gasteiger partial charge is 0.224 e. The van der Waals surface area contributed by atoms with Gasteiger partial charge in [0.1, 0.15) is 0 Å². The molecule has 2 aromatic rings. The van der Waals surface area contributed by atoms with Crippen molar-refractivity contribution in [2.75, 3.05) is 19.5 Å². The van der Waals surface area contributed by atoms with Crippen molar-refractivity contribution in [3.05, 3.63) is 53.1 Å². The molecule has 0 saturated heterocycles. The van der Waals surface area contributed by atoms with Crippen LogP contribution in [0.15, 0.2) is 36.4 Å². The van der Waals surface area contributed by atoms with Crippen LogP contribution in [0.25, 0.3) is 0 Å². The summed E-state index contributed by atoms with van der Waals surface area (Å²) in [5.41, 5.74) is 4.09. The molecule has 2 rings (SSSR count). The Morgan fingerprint density at radius 3 is 2.48 bits per heavy atom. The zero-order valence-corrected chi connectivity index (χ0v) is 14.1. The summed E-state index contributed by atoms with van der Waals surface area (Å²) in [6, 6.07) is 11.6. The Bertz CT molecular complexity index is 695. The molecule has 0 atom stereocenters. The highest BCUT2D eigenvalue weighted by Crippen LogP contribution is 2.31. The van der Waals surface area contributed by atoms with Crippen LogP contribution in [0.1, 0.15) is 23.1 Å². The first kappa shape index (κ1) is 16.9. The van der Waals surface area contributed by atoms with Crippen molar-refractivity contribution in [2.24, 2.45) is 0 Å². The maximum atomic E-state index is 12.2. The molecule has 0 radical (unpaired) electrons. The van der Waals surface area contributed by atoms with Crippen LogP contribution >= 0.6 is 0 Å². The highest BCUT2D eigenvalue weighted by atomic mass is 16.5. The lowest BCUT2D eigenvalue weighted by Crippen LogP contribution is -2.13. The molecule has 0 aromatic heterocycles. The van der Waals surface area contributed by atoms with Crippen LogP contribution in [0.5, 0.6) is 11.5 Å². The normalized spacial score (nSPS) is 10.3. The highest BCUT2D eigenvalue weighted by molar-refractivity contribution is 5.91. The number of hydrogen-bond acceptors (Lipinski definition) is 3. The Morgan fingerprint density at radius 2 is 1.78 bits per heavy atom. The van der Waals surface area contributed by atoms with Gasteiger partial charge in [0.05, 0.1) is 14.2 Å². The molecule has 4 heteroatoms. The summed E-state index contributed by atoms with van der Waals surface area (Å²) in [4.78, 5) is 12.2. The van der Waals surface area contributed by atoms with E-state index in [4.69, 9.17) is 9.47 Å². The topological polar surface area (TPSA) is 47.6 Å². The van der Waals surface area contributed by atoms with Crippen molar-refractivity contribution < 1.29 is 14.3 Å². The summed E-state index contributed by atoms with van der Waals surface area (Å²) in [6.45, 7) is 4.04. The summed E-state index contributed by atoms with van der Waals surface area (Å²) in [6.07, 6.45) is 0.980. The number of ether oxygens (including phenoxy) is 2. The van der Waals surface area contributed by atoms with Crippen LogP contribution in [-0.4, -0.2) is 20.1 Å². The largest absolute Gasteiger partial charge is 0.493 e. The molecule has 0 aliphatic rings. The quantitative estimate of drug-likeness (QED) is 0.880. The molecule has 0 unspecified atom stereocenters. The molecule has 0 bridgehead atoms. The van der Waals surface area contributed by atoms with E-state index in [1.807, 2.05) is 50.2 Å². The molecule has 0 fully saturated rings. The molecule has 0 heterocycles. The number of carbonyl (C=O) groups excluding carboxylic acids is 1. The third-order valence-corrected chi connectivity index (χ3v) is 3.98. The molecular formula is C19H23NO3. The van der Waals surface area contributed by atoms with E-state index in [0.29, 0.717) is 24.3 Å². The molecule has 23 heavy (non-hydrogen) atoms. The minimum absolute atomic E-state index is 0.0106. The fraction of sp³-hybridized carbons (Fsp3) is 0.316. The molecule has 2 aromatic carbocycles. The first-order chi connectivity index (χ1) is 11.1. The minimum Gasteiger partial charge on any atom is -0.493 e. The summed E-state index contributed by atoms with van der Waals surface area (Å²) in [5, 5.41) is 2.98. The van der Waals surface area contributed by atoms with Crippen LogP contribution in [0.4, 0.5) is 5.69 Å². The third kappa shape index (κ3) is 4.03. The van der Waals surface area contributed by atoms with Gasteiger partial charge in [-0.15, -0.1) is 0 Å². The van der Waals surface area contributed by atoms with Crippen molar-refractivity contribution in [1.82, 2.24) is 0 Å². The number of nitrogens with one attached hydrogen (secondary N) is 1. The predicted molar refractivity (Wildman–Crippen MR) is 92.4 cm³/mol. The first-order valence-electron chi connectivity index (χ1n) is 7.62. The lowest BCUT2D eigenvalue weighted by molar-refractivity contribution is -0.116. The number of amides is 1. The van der Waals surface area contributed by atoms with Gasteiger partial charge in [-0.05, 0) is 49.1 Å². The van der Waals surface area contributed by atoms with E-state index in [2.05, 4.69) is 5.32 Å². The van der Waals surface area contributed by atoms with Gasteiger partial charge in [-0.1, -0.05) is 24.3 Å². The van der Waals surface area contributed by atoms with Crippen molar-refractivity contribution in [1.29, 1.82) is 0 Å². The van der Waals surface area contributed by atoms with Gasteiger partial charge in [0, 0.05) is 12.1 Å². The Balaban J connectivity index is 2.04. The average molecular weight is 313 g/mol. The predicted octanol–water partition coefficient (Wildman–Crippen LogP) is 3.89.